The zero-order chi connectivity index (χ0) is 16.8. The van der Waals surface area contributed by atoms with Gasteiger partial charge in [-0.1, -0.05) is 18.2 Å². The molecule has 0 aliphatic heterocycles. The predicted octanol–water partition coefficient (Wildman–Crippen LogP) is 1.78. The Morgan fingerprint density at radius 1 is 1.35 bits per heavy atom. The van der Waals surface area contributed by atoms with E-state index in [0.29, 0.717) is 6.54 Å². The Bertz CT molecular complexity index is 652. The lowest BCUT2D eigenvalue weighted by molar-refractivity contribution is -0.123. The van der Waals surface area contributed by atoms with Crippen molar-refractivity contribution in [1.29, 1.82) is 0 Å². The van der Waals surface area contributed by atoms with Gasteiger partial charge in [0.15, 0.2) is 0 Å². The van der Waals surface area contributed by atoms with Gasteiger partial charge in [-0.15, -0.1) is 0 Å². The van der Waals surface area contributed by atoms with Crippen LogP contribution in [0.2, 0.25) is 0 Å². The fraction of sp³-hybridized carbons (Fsp3) is 0.412. The standard InChI is InChI=1S/C17H24N4O2/c1-12(2)23-15-8-6-5-7-13(15)9-19-17(22)16(18-3)14-10-20-21(4)11-14/h5-8,10-12,16,18H,9H2,1-4H3,(H,19,22). The number of benzene rings is 1. The summed E-state index contributed by atoms with van der Waals surface area (Å²) in [6.07, 6.45) is 3.61. The highest BCUT2D eigenvalue weighted by atomic mass is 16.5. The van der Waals surface area contributed by atoms with Gasteiger partial charge in [-0.3, -0.25) is 9.48 Å². The molecule has 0 aliphatic carbocycles. The van der Waals surface area contributed by atoms with Crippen molar-refractivity contribution in [2.24, 2.45) is 7.05 Å². The second kappa shape index (κ2) is 7.78. The average molecular weight is 316 g/mol. The first-order chi connectivity index (χ1) is 11.0. The van der Waals surface area contributed by atoms with Crippen molar-refractivity contribution < 1.29 is 9.53 Å². The molecule has 23 heavy (non-hydrogen) atoms. The number of hydrogen-bond donors (Lipinski definition) is 2. The lowest BCUT2D eigenvalue weighted by atomic mass is 10.1. The summed E-state index contributed by atoms with van der Waals surface area (Å²) in [4.78, 5) is 12.4. The van der Waals surface area contributed by atoms with Crippen LogP contribution in [0.4, 0.5) is 0 Å². The number of para-hydroxylation sites is 1. The molecular formula is C17H24N4O2. The zero-order valence-electron chi connectivity index (χ0n) is 14.0. The smallest absolute Gasteiger partial charge is 0.242 e. The van der Waals surface area contributed by atoms with Crippen molar-refractivity contribution in [1.82, 2.24) is 20.4 Å². The molecule has 1 atom stereocenters. The van der Waals surface area contributed by atoms with Gasteiger partial charge in [-0.2, -0.15) is 5.10 Å². The van der Waals surface area contributed by atoms with E-state index in [4.69, 9.17) is 4.74 Å². The lowest BCUT2D eigenvalue weighted by Gasteiger charge is -2.17. The largest absolute Gasteiger partial charge is 0.491 e. The topological polar surface area (TPSA) is 68.2 Å². The van der Waals surface area contributed by atoms with E-state index in [-0.39, 0.29) is 12.0 Å². The summed E-state index contributed by atoms with van der Waals surface area (Å²) < 4.78 is 7.45. The summed E-state index contributed by atoms with van der Waals surface area (Å²) in [6, 6.07) is 7.30. The van der Waals surface area contributed by atoms with Gasteiger partial charge >= 0.3 is 0 Å². The molecule has 0 spiro atoms. The summed E-state index contributed by atoms with van der Waals surface area (Å²) in [5.41, 5.74) is 1.79. The van der Waals surface area contributed by atoms with E-state index in [1.165, 1.54) is 0 Å². The Kier molecular flexibility index (Phi) is 5.76. The monoisotopic (exact) mass is 316 g/mol. The minimum absolute atomic E-state index is 0.0901. The van der Waals surface area contributed by atoms with Crippen molar-refractivity contribution >= 4 is 5.91 Å². The van der Waals surface area contributed by atoms with Gasteiger partial charge in [-0.25, -0.2) is 0 Å². The van der Waals surface area contributed by atoms with E-state index in [2.05, 4.69) is 15.7 Å². The molecule has 1 heterocycles. The zero-order valence-corrected chi connectivity index (χ0v) is 14.0. The third kappa shape index (κ3) is 4.56. The van der Waals surface area contributed by atoms with Crippen LogP contribution in [-0.4, -0.2) is 28.8 Å². The molecule has 6 heteroatoms. The first-order valence-corrected chi connectivity index (χ1v) is 7.69. The summed E-state index contributed by atoms with van der Waals surface area (Å²) in [6.45, 7) is 4.38. The maximum Gasteiger partial charge on any atom is 0.242 e. The predicted molar refractivity (Wildman–Crippen MR) is 89.1 cm³/mol. The molecular weight excluding hydrogens is 292 g/mol. The number of aromatic nitrogens is 2. The summed E-state index contributed by atoms with van der Waals surface area (Å²) in [5, 5.41) is 10.1. The summed E-state index contributed by atoms with van der Waals surface area (Å²) in [7, 11) is 3.58. The maximum atomic E-state index is 12.4. The number of carbonyl (C=O) groups is 1. The molecule has 1 aromatic carbocycles. The highest BCUT2D eigenvalue weighted by molar-refractivity contribution is 5.83. The molecule has 0 radical (unpaired) electrons. The molecule has 0 saturated heterocycles. The number of ether oxygens (including phenoxy) is 1. The number of amides is 1. The van der Waals surface area contributed by atoms with E-state index in [0.717, 1.165) is 16.9 Å². The van der Waals surface area contributed by atoms with Gasteiger partial charge in [0.05, 0.1) is 12.3 Å². The minimum Gasteiger partial charge on any atom is -0.491 e. The van der Waals surface area contributed by atoms with E-state index in [1.54, 1.807) is 17.9 Å². The number of nitrogens with zero attached hydrogens (tertiary/aromatic N) is 2. The summed E-state index contributed by atoms with van der Waals surface area (Å²) in [5.74, 6) is 0.699. The molecule has 2 aromatic rings. The van der Waals surface area contributed by atoms with E-state index in [9.17, 15) is 4.79 Å². The summed E-state index contributed by atoms with van der Waals surface area (Å²) >= 11 is 0. The molecule has 0 saturated carbocycles. The number of hydrogen-bond acceptors (Lipinski definition) is 4. The number of nitrogens with one attached hydrogen (secondary N) is 2. The molecule has 0 bridgehead atoms. The Balaban J connectivity index is 2.03. The normalized spacial score (nSPS) is 12.2. The van der Waals surface area contributed by atoms with Gasteiger partial charge in [0.1, 0.15) is 11.8 Å². The van der Waals surface area contributed by atoms with Crippen LogP contribution in [-0.2, 0) is 18.4 Å². The van der Waals surface area contributed by atoms with Crippen molar-refractivity contribution in [2.75, 3.05) is 7.05 Å². The van der Waals surface area contributed by atoms with Crippen molar-refractivity contribution in [3.63, 3.8) is 0 Å². The number of likely N-dealkylation sites (N-methyl/N-ethyl adjacent to an activating group) is 1. The number of rotatable bonds is 7. The molecule has 1 unspecified atom stereocenters. The second-order valence-electron chi connectivity index (χ2n) is 5.66. The van der Waals surface area contributed by atoms with Crippen LogP contribution in [0.15, 0.2) is 36.7 Å². The number of aryl methyl sites for hydroxylation is 1. The highest BCUT2D eigenvalue weighted by Gasteiger charge is 2.20. The Hall–Kier alpha value is -2.34. The van der Waals surface area contributed by atoms with Gasteiger partial charge in [-0.05, 0) is 27.0 Å². The van der Waals surface area contributed by atoms with Gasteiger partial charge in [0, 0.05) is 30.9 Å². The Morgan fingerprint density at radius 2 is 2.09 bits per heavy atom. The van der Waals surface area contributed by atoms with Crippen LogP contribution in [0.25, 0.3) is 0 Å². The van der Waals surface area contributed by atoms with Gasteiger partial charge < -0.3 is 15.4 Å². The van der Waals surface area contributed by atoms with E-state index in [1.807, 2.05) is 51.4 Å². The van der Waals surface area contributed by atoms with Crippen LogP contribution in [0.1, 0.15) is 31.0 Å². The lowest BCUT2D eigenvalue weighted by Crippen LogP contribution is -2.35. The Morgan fingerprint density at radius 3 is 2.70 bits per heavy atom. The third-order valence-electron chi connectivity index (χ3n) is 3.40. The van der Waals surface area contributed by atoms with Crippen LogP contribution in [0.3, 0.4) is 0 Å². The Labute approximate surface area is 136 Å². The van der Waals surface area contributed by atoms with Crippen LogP contribution >= 0.6 is 0 Å². The fourth-order valence-electron chi connectivity index (χ4n) is 2.34. The fourth-order valence-corrected chi connectivity index (χ4v) is 2.34. The van der Waals surface area contributed by atoms with E-state index < -0.39 is 6.04 Å². The van der Waals surface area contributed by atoms with Crippen molar-refractivity contribution in [3.05, 3.63) is 47.8 Å². The molecule has 1 amide bonds. The van der Waals surface area contributed by atoms with Crippen molar-refractivity contribution in [3.8, 4) is 5.75 Å². The molecule has 2 rings (SSSR count). The van der Waals surface area contributed by atoms with Crippen molar-refractivity contribution in [2.45, 2.75) is 32.5 Å². The molecule has 0 fully saturated rings. The molecule has 6 nitrogen and oxygen atoms in total. The molecule has 1 aromatic heterocycles. The van der Waals surface area contributed by atoms with Gasteiger partial charge in [0.25, 0.3) is 0 Å². The first kappa shape index (κ1) is 17.0. The third-order valence-corrected chi connectivity index (χ3v) is 3.40. The first-order valence-electron chi connectivity index (χ1n) is 7.69. The van der Waals surface area contributed by atoms with Crippen LogP contribution < -0.4 is 15.4 Å². The maximum absolute atomic E-state index is 12.4. The quantitative estimate of drug-likeness (QED) is 0.817. The van der Waals surface area contributed by atoms with E-state index >= 15 is 0 Å². The SMILES string of the molecule is CNC(C(=O)NCc1ccccc1OC(C)C)c1cnn(C)c1. The van der Waals surface area contributed by atoms with Gasteiger partial charge in [0.2, 0.25) is 5.91 Å². The van der Waals surface area contributed by atoms with Crippen LogP contribution in [0.5, 0.6) is 5.75 Å². The molecule has 124 valence electrons. The minimum atomic E-state index is -0.429. The molecule has 0 aliphatic rings. The second-order valence-corrected chi connectivity index (χ2v) is 5.66. The average Bonchev–Trinajstić information content (AvgIpc) is 2.93. The molecule has 2 N–H and O–H groups in total. The highest BCUT2D eigenvalue weighted by Crippen LogP contribution is 2.19. The van der Waals surface area contributed by atoms with Crippen LogP contribution in [0, 0.1) is 0 Å². The number of carbonyl (C=O) groups excluding carboxylic acids is 1.